The lowest BCUT2D eigenvalue weighted by Gasteiger charge is -2.02. The number of hydrogen-bond acceptors (Lipinski definition) is 6. The first-order valence-corrected chi connectivity index (χ1v) is 6.95. The van der Waals surface area contributed by atoms with Crippen molar-refractivity contribution in [3.63, 3.8) is 0 Å². The first-order chi connectivity index (χ1) is 11.1. The van der Waals surface area contributed by atoms with Crippen molar-refractivity contribution >= 4 is 17.3 Å². The molecule has 0 saturated carbocycles. The molecule has 0 unspecified atom stereocenters. The van der Waals surface area contributed by atoms with Gasteiger partial charge in [-0.3, -0.25) is 10.1 Å². The van der Waals surface area contributed by atoms with E-state index in [-0.39, 0.29) is 18.2 Å². The van der Waals surface area contributed by atoms with E-state index in [1.165, 1.54) is 12.1 Å². The summed E-state index contributed by atoms with van der Waals surface area (Å²) in [7, 11) is 0. The number of ether oxygens (including phenoxy) is 1. The Kier molecular flexibility index (Phi) is 4.20. The molecule has 3 aromatic rings. The van der Waals surface area contributed by atoms with Gasteiger partial charge < -0.3 is 9.26 Å². The van der Waals surface area contributed by atoms with Crippen LogP contribution in [-0.2, 0) is 6.61 Å². The molecule has 7 nitrogen and oxygen atoms in total. The number of non-ortho nitro benzene ring substituents is 1. The zero-order valence-electron chi connectivity index (χ0n) is 11.7. The van der Waals surface area contributed by atoms with Crippen molar-refractivity contribution < 1.29 is 14.2 Å². The largest absolute Gasteiger partial charge is 0.484 e. The average molecular weight is 332 g/mol. The Morgan fingerprint density at radius 2 is 2.00 bits per heavy atom. The Hall–Kier alpha value is -2.93. The third-order valence-corrected chi connectivity index (χ3v) is 3.21. The number of hydrogen-bond donors (Lipinski definition) is 0. The third-order valence-electron chi connectivity index (χ3n) is 2.96. The molecule has 1 heterocycles. The van der Waals surface area contributed by atoms with E-state index < -0.39 is 4.92 Å². The lowest BCUT2D eigenvalue weighted by molar-refractivity contribution is -0.384. The zero-order valence-corrected chi connectivity index (χ0v) is 12.4. The molecule has 0 amide bonds. The van der Waals surface area contributed by atoms with E-state index in [1.54, 1.807) is 36.4 Å². The van der Waals surface area contributed by atoms with E-state index in [1.807, 2.05) is 0 Å². The van der Waals surface area contributed by atoms with Crippen LogP contribution in [0, 0.1) is 10.1 Å². The van der Waals surface area contributed by atoms with Gasteiger partial charge in [-0.05, 0) is 30.3 Å². The second-order valence-corrected chi connectivity index (χ2v) is 5.00. The minimum absolute atomic E-state index is 0.0156. The van der Waals surface area contributed by atoms with Crippen molar-refractivity contribution in [1.29, 1.82) is 0 Å². The van der Waals surface area contributed by atoms with Crippen LogP contribution >= 0.6 is 11.6 Å². The van der Waals surface area contributed by atoms with Crippen molar-refractivity contribution in [3.8, 4) is 17.1 Å². The first kappa shape index (κ1) is 15.0. The molecule has 116 valence electrons. The fraction of sp³-hybridized carbons (Fsp3) is 0.0667. The quantitative estimate of drug-likeness (QED) is 0.520. The third kappa shape index (κ3) is 3.64. The van der Waals surface area contributed by atoms with E-state index >= 15 is 0 Å². The highest BCUT2D eigenvalue weighted by molar-refractivity contribution is 6.30. The Labute approximate surface area is 135 Å². The lowest BCUT2D eigenvalue weighted by atomic mass is 10.2. The fourth-order valence-electron chi connectivity index (χ4n) is 1.86. The van der Waals surface area contributed by atoms with Crippen molar-refractivity contribution in [1.82, 2.24) is 10.1 Å². The summed E-state index contributed by atoms with van der Waals surface area (Å²) in [5, 5.41) is 15.2. The van der Waals surface area contributed by atoms with E-state index in [0.29, 0.717) is 16.6 Å². The Balaban J connectivity index is 1.69. The summed E-state index contributed by atoms with van der Waals surface area (Å²) < 4.78 is 10.5. The lowest BCUT2D eigenvalue weighted by Crippen LogP contribution is -1.96. The molecule has 8 heteroatoms. The summed E-state index contributed by atoms with van der Waals surface area (Å²) in [6, 6.07) is 12.9. The Bertz CT molecular complexity index is 833. The van der Waals surface area contributed by atoms with Gasteiger partial charge in [0.1, 0.15) is 5.75 Å². The molecule has 0 aliphatic heterocycles. The SMILES string of the molecule is O=[N+]([O-])c1cccc(OCc2nc(-c3ccc(Cl)cc3)no2)c1. The second-order valence-electron chi connectivity index (χ2n) is 4.56. The van der Waals surface area contributed by atoms with Crippen molar-refractivity contribution in [3.05, 3.63) is 69.6 Å². The molecular weight excluding hydrogens is 322 g/mol. The van der Waals surface area contributed by atoms with Gasteiger partial charge in [-0.25, -0.2) is 0 Å². The van der Waals surface area contributed by atoms with Crippen molar-refractivity contribution in [2.24, 2.45) is 0 Å². The van der Waals surface area contributed by atoms with Crippen LogP contribution < -0.4 is 4.74 Å². The van der Waals surface area contributed by atoms with Gasteiger partial charge in [-0.15, -0.1) is 0 Å². The van der Waals surface area contributed by atoms with Gasteiger partial charge in [0, 0.05) is 16.7 Å². The number of nitro benzene ring substituents is 1. The summed E-state index contributed by atoms with van der Waals surface area (Å²) >= 11 is 5.82. The van der Waals surface area contributed by atoms with Gasteiger partial charge in [-0.2, -0.15) is 4.98 Å². The maximum absolute atomic E-state index is 10.7. The zero-order chi connectivity index (χ0) is 16.2. The Morgan fingerprint density at radius 3 is 2.74 bits per heavy atom. The molecule has 0 fully saturated rings. The molecule has 23 heavy (non-hydrogen) atoms. The molecule has 0 spiro atoms. The van der Waals surface area contributed by atoms with Crippen molar-refractivity contribution in [2.45, 2.75) is 6.61 Å². The molecule has 0 saturated heterocycles. The fourth-order valence-corrected chi connectivity index (χ4v) is 1.99. The van der Waals surface area contributed by atoms with Crippen LogP contribution in [0.25, 0.3) is 11.4 Å². The molecule has 0 bridgehead atoms. The second kappa shape index (κ2) is 6.45. The average Bonchev–Trinajstić information content (AvgIpc) is 3.03. The number of halogens is 1. The topological polar surface area (TPSA) is 91.3 Å². The van der Waals surface area contributed by atoms with Gasteiger partial charge in [-0.1, -0.05) is 22.8 Å². The number of rotatable bonds is 5. The van der Waals surface area contributed by atoms with Gasteiger partial charge in [0.2, 0.25) is 5.82 Å². The van der Waals surface area contributed by atoms with Gasteiger partial charge in [0.25, 0.3) is 11.6 Å². The van der Waals surface area contributed by atoms with Crippen LogP contribution in [0.5, 0.6) is 5.75 Å². The highest BCUT2D eigenvalue weighted by Gasteiger charge is 2.11. The number of benzene rings is 2. The predicted molar refractivity (Wildman–Crippen MR) is 82.2 cm³/mol. The molecule has 0 N–H and O–H groups in total. The molecule has 3 rings (SSSR count). The van der Waals surface area contributed by atoms with Crippen LogP contribution in [0.2, 0.25) is 5.02 Å². The molecule has 2 aromatic carbocycles. The Morgan fingerprint density at radius 1 is 1.22 bits per heavy atom. The van der Waals surface area contributed by atoms with E-state index in [2.05, 4.69) is 10.1 Å². The minimum atomic E-state index is -0.488. The summed E-state index contributed by atoms with van der Waals surface area (Å²) in [4.78, 5) is 14.4. The van der Waals surface area contributed by atoms with Crippen molar-refractivity contribution in [2.75, 3.05) is 0 Å². The van der Waals surface area contributed by atoms with Gasteiger partial charge in [0.05, 0.1) is 11.0 Å². The molecule has 0 aliphatic carbocycles. The number of nitro groups is 1. The molecule has 0 atom stereocenters. The van der Waals surface area contributed by atoms with Crippen LogP contribution in [0.15, 0.2) is 53.1 Å². The summed E-state index contributed by atoms with van der Waals surface area (Å²) in [6.07, 6.45) is 0. The standard InChI is InChI=1S/C15H10ClN3O4/c16-11-6-4-10(5-7-11)15-17-14(23-18-15)9-22-13-3-1-2-12(8-13)19(20)21/h1-8H,9H2. The van der Waals surface area contributed by atoms with E-state index in [9.17, 15) is 10.1 Å². The van der Waals surface area contributed by atoms with Crippen LogP contribution in [0.4, 0.5) is 5.69 Å². The smallest absolute Gasteiger partial charge is 0.273 e. The maximum atomic E-state index is 10.7. The highest BCUT2D eigenvalue weighted by atomic mass is 35.5. The molecule has 0 aliphatic rings. The van der Waals surface area contributed by atoms with Crippen LogP contribution in [-0.4, -0.2) is 15.1 Å². The van der Waals surface area contributed by atoms with Gasteiger partial charge >= 0.3 is 0 Å². The summed E-state index contributed by atoms with van der Waals surface area (Å²) in [6.45, 7) is 0.0156. The van der Waals surface area contributed by atoms with Gasteiger partial charge in [0.15, 0.2) is 6.61 Å². The summed E-state index contributed by atoms with van der Waals surface area (Å²) in [5.74, 6) is 1.03. The molecule has 1 aromatic heterocycles. The van der Waals surface area contributed by atoms with E-state index in [0.717, 1.165) is 5.56 Å². The molecular formula is C15H10ClN3O4. The first-order valence-electron chi connectivity index (χ1n) is 6.57. The molecule has 0 radical (unpaired) electrons. The van der Waals surface area contributed by atoms with Crippen LogP contribution in [0.1, 0.15) is 5.89 Å². The minimum Gasteiger partial charge on any atom is -0.484 e. The maximum Gasteiger partial charge on any atom is 0.273 e. The van der Waals surface area contributed by atoms with E-state index in [4.69, 9.17) is 20.9 Å². The summed E-state index contributed by atoms with van der Waals surface area (Å²) in [5.41, 5.74) is 0.717. The highest BCUT2D eigenvalue weighted by Crippen LogP contribution is 2.21. The number of nitrogens with zero attached hydrogens (tertiary/aromatic N) is 3. The number of aromatic nitrogens is 2. The normalized spacial score (nSPS) is 10.5. The monoisotopic (exact) mass is 331 g/mol. The predicted octanol–water partition coefficient (Wildman–Crippen LogP) is 3.88. The van der Waals surface area contributed by atoms with Crippen LogP contribution in [0.3, 0.4) is 0 Å².